The number of ether oxygens (including phenoxy) is 2. The zero-order valence-electron chi connectivity index (χ0n) is 22.7. The highest BCUT2D eigenvalue weighted by Gasteiger charge is 2.22. The molecule has 0 aliphatic heterocycles. The van der Waals surface area contributed by atoms with Crippen molar-refractivity contribution in [1.82, 2.24) is 0 Å². The van der Waals surface area contributed by atoms with Crippen molar-refractivity contribution in [3.63, 3.8) is 0 Å². The van der Waals surface area contributed by atoms with Crippen LogP contribution in [0.5, 0.6) is 0 Å². The highest BCUT2D eigenvalue weighted by atomic mass is 31.2. The van der Waals surface area contributed by atoms with Crippen LogP contribution in [-0.4, -0.2) is 41.0 Å². The number of phosphoric ester groups is 1. The van der Waals surface area contributed by atoms with Gasteiger partial charge in [-0.25, -0.2) is 4.57 Å². The van der Waals surface area contributed by atoms with Crippen molar-refractivity contribution in [3.8, 4) is 0 Å². The number of hydrogen-bond donors (Lipinski definition) is 2. The molecule has 2 N–H and O–H groups in total. The third kappa shape index (κ3) is 25.9. The molecule has 0 spiro atoms. The quantitative estimate of drug-likeness (QED) is 0.0547. The highest BCUT2D eigenvalue weighted by Crippen LogP contribution is 2.35. The first kappa shape index (κ1) is 34.8. The van der Waals surface area contributed by atoms with Gasteiger partial charge in [-0.3, -0.25) is 14.1 Å². The minimum absolute atomic E-state index is 0.207. The molecule has 0 fully saturated rings. The normalized spacial score (nSPS) is 12.7. The smallest absolute Gasteiger partial charge is 0.462 e. The Morgan fingerprint density at radius 3 is 1.75 bits per heavy atom. The monoisotopic (exact) mass is 534 g/mol. The van der Waals surface area contributed by atoms with Crippen molar-refractivity contribution < 1.29 is 37.9 Å². The van der Waals surface area contributed by atoms with Crippen LogP contribution in [0, 0.1) is 0 Å². The molecule has 8 nitrogen and oxygen atoms in total. The molecule has 0 saturated carbocycles. The van der Waals surface area contributed by atoms with Gasteiger partial charge < -0.3 is 19.3 Å². The SMILES string of the molecule is CCCCCCCC/C=C\CCCCCCCCCC(=O)OC(COC(=O)CCC)COP(=O)(O)O. The first-order chi connectivity index (χ1) is 17.3. The Bertz CT molecular complexity index is 617. The molecule has 0 aliphatic rings. The van der Waals surface area contributed by atoms with Gasteiger partial charge in [0.05, 0.1) is 6.61 Å². The topological polar surface area (TPSA) is 119 Å². The van der Waals surface area contributed by atoms with Crippen LogP contribution in [0.1, 0.15) is 129 Å². The molecular weight excluding hydrogens is 483 g/mol. The number of unbranched alkanes of at least 4 members (excludes halogenated alkanes) is 13. The van der Waals surface area contributed by atoms with E-state index >= 15 is 0 Å². The van der Waals surface area contributed by atoms with Crippen LogP contribution in [0.3, 0.4) is 0 Å². The van der Waals surface area contributed by atoms with Crippen LogP contribution in [0.2, 0.25) is 0 Å². The molecule has 0 saturated heterocycles. The lowest BCUT2D eigenvalue weighted by atomic mass is 10.1. The van der Waals surface area contributed by atoms with Crippen molar-refractivity contribution in [3.05, 3.63) is 12.2 Å². The van der Waals surface area contributed by atoms with E-state index in [2.05, 4.69) is 23.6 Å². The van der Waals surface area contributed by atoms with Crippen LogP contribution in [-0.2, 0) is 28.2 Å². The minimum Gasteiger partial charge on any atom is -0.462 e. The predicted octanol–water partition coefficient (Wildman–Crippen LogP) is 7.17. The Labute approximate surface area is 218 Å². The van der Waals surface area contributed by atoms with E-state index in [4.69, 9.17) is 19.3 Å². The zero-order chi connectivity index (χ0) is 26.9. The molecule has 0 aromatic carbocycles. The predicted molar refractivity (Wildman–Crippen MR) is 142 cm³/mol. The van der Waals surface area contributed by atoms with Crippen molar-refractivity contribution in [2.45, 2.75) is 136 Å². The van der Waals surface area contributed by atoms with E-state index in [1.807, 2.05) is 6.92 Å². The van der Waals surface area contributed by atoms with E-state index in [0.29, 0.717) is 12.8 Å². The fourth-order valence-corrected chi connectivity index (χ4v) is 4.06. The standard InChI is InChI=1S/C27H51O8P/c1-3-5-6-7-8-9-10-11-12-13-14-15-16-17-18-19-20-22-27(29)35-25(24-34-36(30,31)32)23-33-26(28)21-4-2/h11-12,25H,3-10,13-24H2,1-2H3,(H2,30,31,32)/b12-11-. The molecule has 0 aliphatic carbocycles. The third-order valence-corrected chi connectivity index (χ3v) is 6.24. The lowest BCUT2D eigenvalue weighted by Gasteiger charge is -2.18. The fourth-order valence-electron chi connectivity index (χ4n) is 3.70. The van der Waals surface area contributed by atoms with E-state index in [-0.39, 0.29) is 19.4 Å². The van der Waals surface area contributed by atoms with E-state index in [9.17, 15) is 14.2 Å². The molecular formula is C27H51O8P. The summed E-state index contributed by atoms with van der Waals surface area (Å²) in [7, 11) is -4.71. The fraction of sp³-hybridized carbons (Fsp3) is 0.852. The molecule has 0 rings (SSSR count). The Hall–Kier alpha value is -1.21. The molecule has 212 valence electrons. The van der Waals surface area contributed by atoms with Gasteiger partial charge in [0.15, 0.2) is 6.10 Å². The Morgan fingerprint density at radius 1 is 0.694 bits per heavy atom. The second-order valence-electron chi connectivity index (χ2n) is 9.37. The molecule has 9 heteroatoms. The highest BCUT2D eigenvalue weighted by molar-refractivity contribution is 7.46. The first-order valence-corrected chi connectivity index (χ1v) is 15.5. The van der Waals surface area contributed by atoms with E-state index in [1.165, 1.54) is 64.2 Å². The Kier molecular flexibility index (Phi) is 23.3. The summed E-state index contributed by atoms with van der Waals surface area (Å²) in [4.78, 5) is 41.3. The molecule has 1 atom stereocenters. The second kappa shape index (κ2) is 24.1. The average molecular weight is 535 g/mol. The molecule has 0 amide bonds. The number of rotatable bonds is 25. The van der Waals surface area contributed by atoms with E-state index in [1.54, 1.807) is 0 Å². The zero-order valence-corrected chi connectivity index (χ0v) is 23.6. The van der Waals surface area contributed by atoms with Gasteiger partial charge in [-0.2, -0.15) is 0 Å². The molecule has 36 heavy (non-hydrogen) atoms. The van der Waals surface area contributed by atoms with E-state index in [0.717, 1.165) is 25.7 Å². The van der Waals surface area contributed by atoms with Crippen molar-refractivity contribution in [2.75, 3.05) is 13.2 Å². The summed E-state index contributed by atoms with van der Waals surface area (Å²) in [5, 5.41) is 0. The summed E-state index contributed by atoms with van der Waals surface area (Å²) in [6.45, 7) is 3.24. The lowest BCUT2D eigenvalue weighted by Crippen LogP contribution is -2.29. The van der Waals surface area contributed by atoms with Crippen LogP contribution in [0.15, 0.2) is 12.2 Å². The number of carbonyl (C=O) groups is 2. The second-order valence-corrected chi connectivity index (χ2v) is 10.6. The van der Waals surface area contributed by atoms with Gasteiger partial charge >= 0.3 is 19.8 Å². The van der Waals surface area contributed by atoms with Gasteiger partial charge in [-0.05, 0) is 38.5 Å². The van der Waals surface area contributed by atoms with Crippen LogP contribution >= 0.6 is 7.82 Å². The number of phosphoric acid groups is 1. The van der Waals surface area contributed by atoms with Gasteiger partial charge in [0, 0.05) is 12.8 Å². The number of carbonyl (C=O) groups excluding carboxylic acids is 2. The lowest BCUT2D eigenvalue weighted by molar-refractivity contribution is -0.161. The largest absolute Gasteiger partial charge is 0.469 e. The molecule has 1 unspecified atom stereocenters. The number of esters is 2. The molecule has 0 aromatic heterocycles. The van der Waals surface area contributed by atoms with Crippen molar-refractivity contribution in [2.24, 2.45) is 0 Å². The molecule has 0 aromatic rings. The maximum Gasteiger partial charge on any atom is 0.469 e. The summed E-state index contributed by atoms with van der Waals surface area (Å²) in [5.74, 6) is -0.951. The van der Waals surface area contributed by atoms with Gasteiger partial charge in [-0.15, -0.1) is 0 Å². The molecule has 0 bridgehead atoms. The summed E-state index contributed by atoms with van der Waals surface area (Å²) in [6, 6.07) is 0. The summed E-state index contributed by atoms with van der Waals surface area (Å²) in [6.07, 6.45) is 22.5. The number of allylic oxidation sites excluding steroid dienone is 2. The minimum atomic E-state index is -4.71. The van der Waals surface area contributed by atoms with Gasteiger partial charge in [0.2, 0.25) is 0 Å². The summed E-state index contributed by atoms with van der Waals surface area (Å²) >= 11 is 0. The van der Waals surface area contributed by atoms with Crippen molar-refractivity contribution >= 4 is 19.8 Å². The van der Waals surface area contributed by atoms with E-state index < -0.39 is 32.5 Å². The van der Waals surface area contributed by atoms with Gasteiger partial charge in [0.1, 0.15) is 6.61 Å². The molecule has 0 heterocycles. The number of hydrogen-bond acceptors (Lipinski definition) is 6. The van der Waals surface area contributed by atoms with Crippen LogP contribution < -0.4 is 0 Å². The summed E-state index contributed by atoms with van der Waals surface area (Å²) in [5.41, 5.74) is 0. The Balaban J connectivity index is 3.79. The van der Waals surface area contributed by atoms with Crippen LogP contribution in [0.4, 0.5) is 0 Å². The van der Waals surface area contributed by atoms with Crippen LogP contribution in [0.25, 0.3) is 0 Å². The Morgan fingerprint density at radius 2 is 1.22 bits per heavy atom. The average Bonchev–Trinajstić information content (AvgIpc) is 2.82. The first-order valence-electron chi connectivity index (χ1n) is 14.0. The maximum absolute atomic E-state index is 12.1. The third-order valence-electron chi connectivity index (χ3n) is 5.75. The van der Waals surface area contributed by atoms with Gasteiger partial charge in [-0.1, -0.05) is 90.2 Å². The van der Waals surface area contributed by atoms with Crippen molar-refractivity contribution in [1.29, 1.82) is 0 Å². The summed E-state index contributed by atoms with van der Waals surface area (Å²) < 4.78 is 25.6. The maximum atomic E-state index is 12.1. The molecule has 0 radical (unpaired) electrons. The van der Waals surface area contributed by atoms with Gasteiger partial charge in [0.25, 0.3) is 0 Å².